The summed E-state index contributed by atoms with van der Waals surface area (Å²) in [6.45, 7) is 1.64. The van der Waals surface area contributed by atoms with Crippen LogP contribution in [0.4, 0.5) is 11.4 Å². The summed E-state index contributed by atoms with van der Waals surface area (Å²) in [5, 5.41) is 3.66. The number of anilines is 2. The summed E-state index contributed by atoms with van der Waals surface area (Å²) in [4.78, 5) is 18.2. The predicted molar refractivity (Wildman–Crippen MR) is 93.7 cm³/mol. The van der Waals surface area contributed by atoms with Gasteiger partial charge in [-0.1, -0.05) is 23.2 Å². The third-order valence-electron chi connectivity index (χ3n) is 3.10. The van der Waals surface area contributed by atoms with Gasteiger partial charge < -0.3 is 15.0 Å². The van der Waals surface area contributed by atoms with Gasteiger partial charge in [-0.15, -0.1) is 0 Å². The van der Waals surface area contributed by atoms with Gasteiger partial charge in [0.15, 0.2) is 6.10 Å². The molecule has 122 valence electrons. The Morgan fingerprint density at radius 2 is 2.04 bits per heavy atom. The molecule has 1 heterocycles. The molecule has 2 aromatic rings. The largest absolute Gasteiger partial charge is 0.479 e. The van der Waals surface area contributed by atoms with Crippen molar-refractivity contribution in [2.24, 2.45) is 0 Å². The number of carbonyl (C=O) groups excluding carboxylic acids is 1. The zero-order valence-electron chi connectivity index (χ0n) is 13.0. The van der Waals surface area contributed by atoms with Crippen LogP contribution >= 0.6 is 23.2 Å². The third kappa shape index (κ3) is 4.50. The third-order valence-corrected chi connectivity index (χ3v) is 3.64. The van der Waals surface area contributed by atoms with Gasteiger partial charge in [0.2, 0.25) is 0 Å². The second-order valence-electron chi connectivity index (χ2n) is 5.11. The Morgan fingerprint density at radius 1 is 1.30 bits per heavy atom. The van der Waals surface area contributed by atoms with Crippen LogP contribution in [0, 0.1) is 0 Å². The van der Waals surface area contributed by atoms with Crippen molar-refractivity contribution in [3.05, 3.63) is 46.7 Å². The van der Waals surface area contributed by atoms with Crippen LogP contribution in [0.5, 0.6) is 5.75 Å². The number of hydrogen-bond acceptors (Lipinski definition) is 4. The highest BCUT2D eigenvalue weighted by molar-refractivity contribution is 6.35. The fourth-order valence-corrected chi connectivity index (χ4v) is 2.38. The van der Waals surface area contributed by atoms with Gasteiger partial charge in [0.05, 0.1) is 22.6 Å². The molecule has 0 radical (unpaired) electrons. The minimum Gasteiger partial charge on any atom is -0.479 e. The molecule has 0 saturated heterocycles. The molecule has 2 rings (SSSR count). The van der Waals surface area contributed by atoms with E-state index >= 15 is 0 Å². The Morgan fingerprint density at radius 3 is 2.70 bits per heavy atom. The van der Waals surface area contributed by atoms with Crippen LogP contribution in [-0.2, 0) is 4.79 Å². The molecule has 0 saturated carbocycles. The highest BCUT2D eigenvalue weighted by Crippen LogP contribution is 2.29. The van der Waals surface area contributed by atoms with Gasteiger partial charge >= 0.3 is 0 Å². The maximum atomic E-state index is 12.3. The van der Waals surface area contributed by atoms with Gasteiger partial charge in [-0.2, -0.15) is 0 Å². The number of ether oxygens (including phenoxy) is 1. The fourth-order valence-electron chi connectivity index (χ4n) is 1.92. The van der Waals surface area contributed by atoms with E-state index in [1.165, 1.54) is 0 Å². The van der Waals surface area contributed by atoms with Crippen molar-refractivity contribution >= 4 is 40.5 Å². The molecule has 0 aliphatic rings. The minimum atomic E-state index is -0.733. The van der Waals surface area contributed by atoms with Crippen LogP contribution in [0.3, 0.4) is 0 Å². The normalized spacial score (nSPS) is 11.7. The number of rotatable bonds is 5. The highest BCUT2D eigenvalue weighted by Gasteiger charge is 2.18. The van der Waals surface area contributed by atoms with E-state index in [9.17, 15) is 4.79 Å². The zero-order valence-corrected chi connectivity index (χ0v) is 14.5. The van der Waals surface area contributed by atoms with Crippen LogP contribution in [0.1, 0.15) is 6.92 Å². The number of amides is 1. The zero-order chi connectivity index (χ0) is 17.0. The Bertz CT molecular complexity index is 707. The average molecular weight is 354 g/mol. The summed E-state index contributed by atoms with van der Waals surface area (Å²) in [7, 11) is 3.77. The van der Waals surface area contributed by atoms with Crippen LogP contribution in [0.15, 0.2) is 36.7 Å². The molecular weight excluding hydrogens is 337 g/mol. The molecule has 1 aromatic carbocycles. The van der Waals surface area contributed by atoms with E-state index in [1.807, 2.05) is 25.1 Å². The van der Waals surface area contributed by atoms with Crippen molar-refractivity contribution in [2.45, 2.75) is 13.0 Å². The van der Waals surface area contributed by atoms with E-state index < -0.39 is 6.10 Å². The fraction of sp³-hybridized carbons (Fsp3) is 0.250. The van der Waals surface area contributed by atoms with Gasteiger partial charge in [0.25, 0.3) is 5.91 Å². The van der Waals surface area contributed by atoms with Crippen molar-refractivity contribution in [3.8, 4) is 5.75 Å². The molecule has 0 aliphatic carbocycles. The maximum Gasteiger partial charge on any atom is 0.265 e. The van der Waals surface area contributed by atoms with Crippen LogP contribution < -0.4 is 15.0 Å². The van der Waals surface area contributed by atoms with Crippen molar-refractivity contribution in [3.63, 3.8) is 0 Å². The molecule has 1 amide bonds. The minimum absolute atomic E-state index is 0.299. The average Bonchev–Trinajstić information content (AvgIpc) is 2.50. The second kappa shape index (κ2) is 7.53. The Kier molecular flexibility index (Phi) is 5.69. The first-order valence-electron chi connectivity index (χ1n) is 6.92. The molecule has 1 N–H and O–H groups in total. The second-order valence-corrected chi connectivity index (χ2v) is 5.95. The Labute approximate surface area is 145 Å². The van der Waals surface area contributed by atoms with E-state index in [-0.39, 0.29) is 5.91 Å². The molecular formula is C16H17Cl2N3O2. The number of halogens is 2. The molecule has 1 atom stereocenters. The van der Waals surface area contributed by atoms with Crippen LogP contribution in [0.25, 0.3) is 0 Å². The molecule has 0 spiro atoms. The molecule has 0 fully saturated rings. The number of benzene rings is 1. The summed E-state index contributed by atoms with van der Waals surface area (Å²) in [5.41, 5.74) is 1.46. The van der Waals surface area contributed by atoms with E-state index in [1.54, 1.807) is 37.5 Å². The predicted octanol–water partition coefficient (Wildman–Crippen LogP) is 3.86. The van der Waals surface area contributed by atoms with Gasteiger partial charge in [0, 0.05) is 25.3 Å². The SMILES string of the molecule is C[C@H](Oc1ccc(Cl)cc1Cl)C(=O)Nc1cnccc1N(C)C. The summed E-state index contributed by atoms with van der Waals surface area (Å²) >= 11 is 11.9. The smallest absolute Gasteiger partial charge is 0.265 e. The first kappa shape index (κ1) is 17.4. The van der Waals surface area contributed by atoms with Crippen molar-refractivity contribution < 1.29 is 9.53 Å². The first-order valence-corrected chi connectivity index (χ1v) is 7.68. The number of carbonyl (C=O) groups is 1. The van der Waals surface area contributed by atoms with Crippen LogP contribution in [0.2, 0.25) is 10.0 Å². The van der Waals surface area contributed by atoms with E-state index in [0.29, 0.717) is 21.5 Å². The van der Waals surface area contributed by atoms with Crippen molar-refractivity contribution in [1.82, 2.24) is 4.98 Å². The molecule has 7 heteroatoms. The maximum absolute atomic E-state index is 12.3. The lowest BCUT2D eigenvalue weighted by Gasteiger charge is -2.19. The van der Waals surface area contributed by atoms with E-state index in [0.717, 1.165) is 5.69 Å². The number of aromatic nitrogens is 1. The van der Waals surface area contributed by atoms with Gasteiger partial charge in [-0.3, -0.25) is 9.78 Å². The van der Waals surface area contributed by atoms with Crippen molar-refractivity contribution in [1.29, 1.82) is 0 Å². The van der Waals surface area contributed by atoms with Crippen LogP contribution in [-0.4, -0.2) is 31.1 Å². The van der Waals surface area contributed by atoms with Gasteiger partial charge in [0.1, 0.15) is 5.75 Å². The number of nitrogens with zero attached hydrogens (tertiary/aromatic N) is 2. The summed E-state index contributed by atoms with van der Waals surface area (Å²) < 4.78 is 5.60. The molecule has 1 aromatic heterocycles. The lowest BCUT2D eigenvalue weighted by molar-refractivity contribution is -0.122. The standard InChI is InChI=1S/C16H17Cl2N3O2/c1-10(23-15-5-4-11(17)8-12(15)18)16(22)20-13-9-19-7-6-14(13)21(2)3/h4-10H,1-3H3,(H,20,22)/t10-/m0/s1. The summed E-state index contributed by atoms with van der Waals surface area (Å²) in [6, 6.07) is 6.66. The summed E-state index contributed by atoms with van der Waals surface area (Å²) in [5.74, 6) is 0.102. The molecule has 0 aliphatic heterocycles. The Hall–Kier alpha value is -1.98. The van der Waals surface area contributed by atoms with Crippen molar-refractivity contribution in [2.75, 3.05) is 24.3 Å². The van der Waals surface area contributed by atoms with Gasteiger partial charge in [-0.25, -0.2) is 0 Å². The van der Waals surface area contributed by atoms with E-state index in [2.05, 4.69) is 10.3 Å². The first-order chi connectivity index (χ1) is 10.9. The van der Waals surface area contributed by atoms with Gasteiger partial charge in [-0.05, 0) is 31.2 Å². The van der Waals surface area contributed by atoms with E-state index in [4.69, 9.17) is 27.9 Å². The highest BCUT2D eigenvalue weighted by atomic mass is 35.5. The summed E-state index contributed by atoms with van der Waals surface area (Å²) in [6.07, 6.45) is 2.53. The topological polar surface area (TPSA) is 54.5 Å². The number of pyridine rings is 1. The number of hydrogen-bond donors (Lipinski definition) is 1. The molecule has 5 nitrogen and oxygen atoms in total. The molecule has 0 bridgehead atoms. The lowest BCUT2D eigenvalue weighted by Crippen LogP contribution is -2.31. The number of nitrogens with one attached hydrogen (secondary N) is 1. The molecule has 23 heavy (non-hydrogen) atoms. The lowest BCUT2D eigenvalue weighted by atomic mass is 10.3. The Balaban J connectivity index is 2.09. The monoisotopic (exact) mass is 353 g/mol. The quantitative estimate of drug-likeness (QED) is 0.886. The molecule has 0 unspecified atom stereocenters.